The van der Waals surface area contributed by atoms with Crippen LogP contribution in [-0.2, 0) is 0 Å². The lowest BCUT2D eigenvalue weighted by atomic mass is 9.82. The number of pyridine rings is 1. The van der Waals surface area contributed by atoms with E-state index in [-0.39, 0.29) is 0 Å². The molecule has 0 radical (unpaired) electrons. The molecular formula is C12H17BrN2. The summed E-state index contributed by atoms with van der Waals surface area (Å²) in [6.07, 6.45) is 4.35. The number of aromatic nitrogens is 1. The molecule has 2 unspecified atom stereocenters. The average molecular weight is 269 g/mol. The van der Waals surface area contributed by atoms with Crippen molar-refractivity contribution in [1.29, 1.82) is 0 Å². The Balaban J connectivity index is 2.16. The number of hydrogen-bond acceptors (Lipinski definition) is 2. The maximum atomic E-state index is 4.53. The lowest BCUT2D eigenvalue weighted by Crippen LogP contribution is -2.35. The van der Waals surface area contributed by atoms with Gasteiger partial charge in [0.1, 0.15) is 0 Å². The topological polar surface area (TPSA) is 24.9 Å². The first-order chi connectivity index (χ1) is 7.31. The van der Waals surface area contributed by atoms with E-state index >= 15 is 0 Å². The Morgan fingerprint density at radius 2 is 2.40 bits per heavy atom. The van der Waals surface area contributed by atoms with Crippen LogP contribution in [0.1, 0.15) is 31.4 Å². The maximum absolute atomic E-state index is 4.53. The SMILES string of the molecule is CCC1CNCCC1c1ccc(Br)cn1. The van der Waals surface area contributed by atoms with Crippen molar-refractivity contribution in [2.24, 2.45) is 5.92 Å². The molecule has 2 heterocycles. The molecule has 1 aromatic heterocycles. The Morgan fingerprint density at radius 1 is 1.53 bits per heavy atom. The predicted octanol–water partition coefficient (Wildman–Crippen LogP) is 2.95. The van der Waals surface area contributed by atoms with Gasteiger partial charge in [0.2, 0.25) is 0 Å². The Bertz CT molecular complexity index is 310. The summed E-state index contributed by atoms with van der Waals surface area (Å²) in [5.74, 6) is 1.39. The molecule has 2 rings (SSSR count). The predicted molar refractivity (Wildman–Crippen MR) is 65.9 cm³/mol. The molecule has 0 aromatic carbocycles. The van der Waals surface area contributed by atoms with Crippen molar-refractivity contribution in [2.45, 2.75) is 25.7 Å². The van der Waals surface area contributed by atoms with Gasteiger partial charge < -0.3 is 5.32 Å². The van der Waals surface area contributed by atoms with Crippen LogP contribution in [0.5, 0.6) is 0 Å². The van der Waals surface area contributed by atoms with E-state index in [0.29, 0.717) is 5.92 Å². The highest BCUT2D eigenvalue weighted by atomic mass is 79.9. The second-order valence-electron chi connectivity index (χ2n) is 4.17. The molecule has 15 heavy (non-hydrogen) atoms. The quantitative estimate of drug-likeness (QED) is 0.892. The monoisotopic (exact) mass is 268 g/mol. The van der Waals surface area contributed by atoms with Crippen LogP contribution in [0.3, 0.4) is 0 Å². The van der Waals surface area contributed by atoms with E-state index in [1.165, 1.54) is 18.5 Å². The van der Waals surface area contributed by atoms with E-state index in [1.54, 1.807) is 0 Å². The van der Waals surface area contributed by atoms with Crippen LogP contribution >= 0.6 is 15.9 Å². The number of hydrogen-bond donors (Lipinski definition) is 1. The minimum Gasteiger partial charge on any atom is -0.316 e. The highest BCUT2D eigenvalue weighted by molar-refractivity contribution is 9.10. The van der Waals surface area contributed by atoms with Gasteiger partial charge in [-0.25, -0.2) is 0 Å². The van der Waals surface area contributed by atoms with E-state index in [4.69, 9.17) is 0 Å². The summed E-state index contributed by atoms with van der Waals surface area (Å²) in [5, 5.41) is 3.46. The molecule has 3 heteroatoms. The second kappa shape index (κ2) is 5.08. The van der Waals surface area contributed by atoms with Crippen LogP contribution in [0, 0.1) is 5.92 Å². The first-order valence-corrected chi connectivity index (χ1v) is 6.42. The van der Waals surface area contributed by atoms with Crippen LogP contribution in [0.4, 0.5) is 0 Å². The summed E-state index contributed by atoms with van der Waals surface area (Å²) in [6.45, 7) is 4.53. The molecule has 1 N–H and O–H groups in total. The minimum atomic E-state index is 0.643. The molecule has 1 aliphatic heterocycles. The minimum absolute atomic E-state index is 0.643. The standard InChI is InChI=1S/C12H17BrN2/c1-2-9-7-14-6-5-11(9)12-4-3-10(13)8-15-12/h3-4,8-9,11,14H,2,5-7H2,1H3. The molecule has 0 amide bonds. The van der Waals surface area contributed by atoms with Crippen molar-refractivity contribution < 1.29 is 0 Å². The van der Waals surface area contributed by atoms with Gasteiger partial charge in [0, 0.05) is 22.3 Å². The summed E-state index contributed by atoms with van der Waals surface area (Å²) in [5.41, 5.74) is 1.26. The van der Waals surface area contributed by atoms with Crippen LogP contribution in [0.25, 0.3) is 0 Å². The molecule has 82 valence electrons. The smallest absolute Gasteiger partial charge is 0.0439 e. The van der Waals surface area contributed by atoms with Crippen molar-refractivity contribution in [3.8, 4) is 0 Å². The van der Waals surface area contributed by atoms with E-state index in [2.05, 4.69) is 45.3 Å². The maximum Gasteiger partial charge on any atom is 0.0439 e. The zero-order chi connectivity index (χ0) is 10.7. The highest BCUT2D eigenvalue weighted by Gasteiger charge is 2.25. The van der Waals surface area contributed by atoms with Gasteiger partial charge in [0.05, 0.1) is 0 Å². The third kappa shape index (κ3) is 2.58. The fraction of sp³-hybridized carbons (Fsp3) is 0.583. The fourth-order valence-corrected chi connectivity index (χ4v) is 2.58. The summed E-state index contributed by atoms with van der Waals surface area (Å²) < 4.78 is 1.06. The molecule has 0 saturated carbocycles. The Morgan fingerprint density at radius 3 is 3.07 bits per heavy atom. The van der Waals surface area contributed by atoms with Crippen molar-refractivity contribution in [1.82, 2.24) is 10.3 Å². The van der Waals surface area contributed by atoms with Gasteiger partial charge >= 0.3 is 0 Å². The van der Waals surface area contributed by atoms with Crippen molar-refractivity contribution in [3.05, 3.63) is 28.5 Å². The van der Waals surface area contributed by atoms with Gasteiger partial charge in [-0.2, -0.15) is 0 Å². The van der Waals surface area contributed by atoms with Gasteiger partial charge in [0.25, 0.3) is 0 Å². The number of halogens is 1. The molecule has 1 saturated heterocycles. The molecule has 0 aliphatic carbocycles. The summed E-state index contributed by atoms with van der Waals surface area (Å²) in [7, 11) is 0. The van der Waals surface area contributed by atoms with Gasteiger partial charge in [-0.3, -0.25) is 4.98 Å². The molecule has 1 aromatic rings. The third-order valence-corrected chi connectivity index (χ3v) is 3.73. The number of nitrogens with zero attached hydrogens (tertiary/aromatic N) is 1. The second-order valence-corrected chi connectivity index (χ2v) is 5.08. The number of rotatable bonds is 2. The Labute approximate surface area is 99.6 Å². The molecular weight excluding hydrogens is 252 g/mol. The zero-order valence-corrected chi connectivity index (χ0v) is 10.6. The van der Waals surface area contributed by atoms with Gasteiger partial charge in [-0.1, -0.05) is 13.3 Å². The molecule has 0 bridgehead atoms. The largest absolute Gasteiger partial charge is 0.316 e. The van der Waals surface area contributed by atoms with Gasteiger partial charge in [-0.05, 0) is 53.5 Å². The van der Waals surface area contributed by atoms with Crippen LogP contribution in [0.2, 0.25) is 0 Å². The van der Waals surface area contributed by atoms with E-state index in [9.17, 15) is 0 Å². The summed E-state index contributed by atoms with van der Waals surface area (Å²) >= 11 is 3.43. The van der Waals surface area contributed by atoms with E-state index < -0.39 is 0 Å². The van der Waals surface area contributed by atoms with Crippen molar-refractivity contribution in [2.75, 3.05) is 13.1 Å². The van der Waals surface area contributed by atoms with E-state index in [0.717, 1.165) is 23.5 Å². The summed E-state index contributed by atoms with van der Waals surface area (Å²) in [6, 6.07) is 4.25. The van der Waals surface area contributed by atoms with E-state index in [1.807, 2.05) is 6.20 Å². The van der Waals surface area contributed by atoms with Crippen LogP contribution in [-0.4, -0.2) is 18.1 Å². The highest BCUT2D eigenvalue weighted by Crippen LogP contribution is 2.31. The Hall–Kier alpha value is -0.410. The van der Waals surface area contributed by atoms with Crippen molar-refractivity contribution in [3.63, 3.8) is 0 Å². The lowest BCUT2D eigenvalue weighted by Gasteiger charge is -2.31. The third-order valence-electron chi connectivity index (χ3n) is 3.26. The number of nitrogens with one attached hydrogen (secondary N) is 1. The van der Waals surface area contributed by atoms with Crippen LogP contribution < -0.4 is 5.32 Å². The van der Waals surface area contributed by atoms with Gasteiger partial charge in [0.15, 0.2) is 0 Å². The average Bonchev–Trinajstić information content (AvgIpc) is 2.30. The summed E-state index contributed by atoms with van der Waals surface area (Å²) in [4.78, 5) is 4.53. The zero-order valence-electron chi connectivity index (χ0n) is 9.04. The normalized spacial score (nSPS) is 26.5. The first-order valence-electron chi connectivity index (χ1n) is 5.63. The molecule has 0 spiro atoms. The molecule has 2 nitrogen and oxygen atoms in total. The molecule has 2 atom stereocenters. The number of piperidine rings is 1. The molecule has 1 fully saturated rings. The Kier molecular flexibility index (Phi) is 3.76. The molecule has 1 aliphatic rings. The first kappa shape index (κ1) is 11.1. The van der Waals surface area contributed by atoms with Crippen LogP contribution in [0.15, 0.2) is 22.8 Å². The fourth-order valence-electron chi connectivity index (χ4n) is 2.35. The van der Waals surface area contributed by atoms with Gasteiger partial charge in [-0.15, -0.1) is 0 Å². The lowest BCUT2D eigenvalue weighted by molar-refractivity contribution is 0.313. The van der Waals surface area contributed by atoms with Crippen molar-refractivity contribution >= 4 is 15.9 Å².